The van der Waals surface area contributed by atoms with Crippen LogP contribution in [0, 0.1) is 0 Å². The number of alkyl halides is 2. The third kappa shape index (κ3) is 5.02. The number of aromatic nitrogens is 1. The van der Waals surface area contributed by atoms with Crippen molar-refractivity contribution in [3.8, 4) is 11.3 Å². The number of benzene rings is 2. The molecule has 0 saturated carbocycles. The highest BCUT2D eigenvalue weighted by Crippen LogP contribution is 2.33. The van der Waals surface area contributed by atoms with E-state index < -0.39 is 17.8 Å². The van der Waals surface area contributed by atoms with Crippen molar-refractivity contribution in [1.82, 2.24) is 9.88 Å². The molecule has 2 aromatic heterocycles. The maximum Gasteiger partial charge on any atom is 0.274 e. The number of anilines is 1. The Morgan fingerprint density at radius 1 is 1.03 bits per heavy atom. The van der Waals surface area contributed by atoms with Crippen molar-refractivity contribution in [3.63, 3.8) is 0 Å². The Morgan fingerprint density at radius 2 is 1.81 bits per heavy atom. The molecule has 1 amide bonds. The molecular formula is C27H23F2N3O4. The first-order chi connectivity index (χ1) is 17.5. The fourth-order valence-electron chi connectivity index (χ4n) is 4.19. The number of carbonyl (C=O) groups is 1. The number of hydrogen-bond donors (Lipinski definition) is 1. The van der Waals surface area contributed by atoms with Crippen LogP contribution in [0.1, 0.15) is 28.2 Å². The van der Waals surface area contributed by atoms with E-state index in [4.69, 9.17) is 9.15 Å². The summed E-state index contributed by atoms with van der Waals surface area (Å²) in [5.74, 6) is -0.483. The second-order valence-corrected chi connectivity index (χ2v) is 8.40. The van der Waals surface area contributed by atoms with Gasteiger partial charge in [0.05, 0.1) is 30.0 Å². The van der Waals surface area contributed by atoms with Crippen molar-refractivity contribution < 1.29 is 22.7 Å². The van der Waals surface area contributed by atoms with Gasteiger partial charge in [0.1, 0.15) is 11.5 Å². The normalized spacial score (nSPS) is 14.3. The van der Waals surface area contributed by atoms with E-state index in [1.807, 2.05) is 6.07 Å². The van der Waals surface area contributed by atoms with E-state index >= 15 is 0 Å². The van der Waals surface area contributed by atoms with E-state index in [1.165, 1.54) is 24.3 Å². The Morgan fingerprint density at radius 3 is 2.61 bits per heavy atom. The first-order valence-corrected chi connectivity index (χ1v) is 11.5. The number of morpholine rings is 1. The molecule has 0 unspecified atom stereocenters. The number of hydrogen-bond acceptors (Lipinski definition) is 6. The van der Waals surface area contributed by atoms with Crippen LogP contribution in [0.3, 0.4) is 0 Å². The molecule has 0 bridgehead atoms. The zero-order valence-corrected chi connectivity index (χ0v) is 19.2. The van der Waals surface area contributed by atoms with Crippen LogP contribution in [0.15, 0.2) is 75.9 Å². The van der Waals surface area contributed by atoms with Crippen molar-refractivity contribution in [1.29, 1.82) is 0 Å². The van der Waals surface area contributed by atoms with Gasteiger partial charge in [-0.15, -0.1) is 0 Å². The molecule has 1 N–H and O–H groups in total. The van der Waals surface area contributed by atoms with Crippen LogP contribution >= 0.6 is 0 Å². The average Bonchev–Trinajstić information content (AvgIpc) is 2.90. The molecule has 0 aliphatic carbocycles. The first-order valence-electron chi connectivity index (χ1n) is 11.5. The van der Waals surface area contributed by atoms with Crippen molar-refractivity contribution in [2.24, 2.45) is 0 Å². The number of ether oxygens (including phenoxy) is 1. The number of nitrogens with one attached hydrogen (secondary N) is 1. The lowest BCUT2D eigenvalue weighted by Crippen LogP contribution is -2.36. The topological polar surface area (TPSA) is 84.7 Å². The number of carbonyl (C=O) groups excluding carboxylic acids is 1. The average molecular weight is 491 g/mol. The number of amides is 1. The predicted molar refractivity (Wildman–Crippen MR) is 131 cm³/mol. The summed E-state index contributed by atoms with van der Waals surface area (Å²) in [6.07, 6.45) is -2.74. The second kappa shape index (κ2) is 10.3. The van der Waals surface area contributed by atoms with Crippen LogP contribution in [0.25, 0.3) is 22.3 Å². The highest BCUT2D eigenvalue weighted by molar-refractivity contribution is 6.07. The maximum atomic E-state index is 13.6. The molecule has 36 heavy (non-hydrogen) atoms. The van der Waals surface area contributed by atoms with Gasteiger partial charge in [-0.05, 0) is 24.3 Å². The zero-order chi connectivity index (χ0) is 25.1. The van der Waals surface area contributed by atoms with Crippen LogP contribution in [0.4, 0.5) is 14.5 Å². The molecule has 0 radical (unpaired) electrons. The van der Waals surface area contributed by atoms with Gasteiger partial charge in [0.25, 0.3) is 12.3 Å². The molecule has 0 spiro atoms. The highest BCUT2D eigenvalue weighted by atomic mass is 19.3. The summed E-state index contributed by atoms with van der Waals surface area (Å²) in [6, 6.07) is 17.0. The van der Waals surface area contributed by atoms with E-state index in [1.54, 1.807) is 36.4 Å². The number of pyridine rings is 1. The first kappa shape index (κ1) is 23.8. The lowest BCUT2D eigenvalue weighted by molar-refractivity contribution is 0.0336. The van der Waals surface area contributed by atoms with Crippen molar-refractivity contribution in [3.05, 3.63) is 93.9 Å². The van der Waals surface area contributed by atoms with Crippen molar-refractivity contribution in [2.45, 2.75) is 13.0 Å². The Kier molecular flexibility index (Phi) is 6.84. The third-order valence-corrected chi connectivity index (χ3v) is 5.99. The molecule has 1 fully saturated rings. The van der Waals surface area contributed by atoms with Crippen molar-refractivity contribution in [2.75, 3.05) is 31.6 Å². The van der Waals surface area contributed by atoms with Gasteiger partial charge in [-0.3, -0.25) is 14.5 Å². The third-order valence-electron chi connectivity index (χ3n) is 5.99. The number of nitrogens with zero attached hydrogens (tertiary/aromatic N) is 2. The highest BCUT2D eigenvalue weighted by Gasteiger charge is 2.19. The minimum absolute atomic E-state index is 0.00395. The Bertz CT molecular complexity index is 1470. The van der Waals surface area contributed by atoms with Crippen LogP contribution in [0.5, 0.6) is 0 Å². The SMILES string of the molecule is O=C(Nc1cccc2c(=O)cc(-c3ccccc3C(F)F)oc12)c1cccc(CN2CCOCC2)n1. The van der Waals surface area contributed by atoms with Crippen molar-refractivity contribution >= 4 is 22.6 Å². The summed E-state index contributed by atoms with van der Waals surface area (Å²) >= 11 is 0. The summed E-state index contributed by atoms with van der Waals surface area (Å²) in [5.41, 5.74) is 0.761. The summed E-state index contributed by atoms with van der Waals surface area (Å²) < 4.78 is 38.4. The fraction of sp³-hybridized carbons (Fsp3) is 0.222. The van der Waals surface area contributed by atoms with E-state index in [0.29, 0.717) is 19.8 Å². The minimum atomic E-state index is -2.74. The standard InChI is InChI=1S/C27H23F2N3O4/c28-26(29)19-7-2-1-6-18(19)24-15-23(33)20-8-4-9-21(25(20)36-24)31-27(34)22-10-3-5-17(30-22)16-32-11-13-35-14-12-32/h1-10,15,26H,11-14,16H2,(H,31,34). The molecule has 5 rings (SSSR count). The van der Waals surface area contributed by atoms with Gasteiger partial charge in [0.2, 0.25) is 0 Å². The van der Waals surface area contributed by atoms with E-state index in [-0.39, 0.29) is 39.2 Å². The molecule has 0 atom stereocenters. The Labute approximate surface area is 205 Å². The summed E-state index contributed by atoms with van der Waals surface area (Å²) in [7, 11) is 0. The minimum Gasteiger partial charge on any atom is -0.454 e. The van der Waals surface area contributed by atoms with E-state index in [9.17, 15) is 18.4 Å². The lowest BCUT2D eigenvalue weighted by Gasteiger charge is -2.26. The molecule has 1 saturated heterocycles. The van der Waals surface area contributed by atoms with Crippen LogP contribution < -0.4 is 10.7 Å². The molecule has 184 valence electrons. The largest absolute Gasteiger partial charge is 0.454 e. The van der Waals surface area contributed by atoms with Crippen LogP contribution in [-0.4, -0.2) is 42.1 Å². The smallest absolute Gasteiger partial charge is 0.274 e. The predicted octanol–water partition coefficient (Wildman–Crippen LogP) is 4.88. The number of halogens is 2. The molecule has 7 nitrogen and oxygen atoms in total. The van der Waals surface area contributed by atoms with Gasteiger partial charge >= 0.3 is 0 Å². The fourth-order valence-corrected chi connectivity index (χ4v) is 4.19. The monoisotopic (exact) mass is 491 g/mol. The van der Waals surface area contributed by atoms with Gasteiger partial charge < -0.3 is 14.5 Å². The Hall–Kier alpha value is -3.95. The van der Waals surface area contributed by atoms with Gasteiger partial charge in [-0.2, -0.15) is 0 Å². The van der Waals surface area contributed by atoms with E-state index in [2.05, 4.69) is 15.2 Å². The molecule has 1 aliphatic rings. The summed E-state index contributed by atoms with van der Waals surface area (Å²) in [6.45, 7) is 3.52. The van der Waals surface area contributed by atoms with Gasteiger partial charge in [-0.25, -0.2) is 13.8 Å². The zero-order valence-electron chi connectivity index (χ0n) is 19.2. The van der Waals surface area contributed by atoms with Gasteiger partial charge in [0.15, 0.2) is 11.0 Å². The maximum absolute atomic E-state index is 13.6. The molecule has 3 heterocycles. The van der Waals surface area contributed by atoms with E-state index in [0.717, 1.165) is 18.8 Å². The summed E-state index contributed by atoms with van der Waals surface area (Å²) in [5, 5.41) is 2.98. The molecule has 9 heteroatoms. The molecular weight excluding hydrogens is 468 g/mol. The number of rotatable bonds is 6. The van der Waals surface area contributed by atoms with Gasteiger partial charge in [-0.1, -0.05) is 36.4 Å². The van der Waals surface area contributed by atoms with Gasteiger partial charge in [0, 0.05) is 36.8 Å². The molecule has 1 aliphatic heterocycles. The van der Waals surface area contributed by atoms with Crippen LogP contribution in [0.2, 0.25) is 0 Å². The molecule has 4 aromatic rings. The summed E-state index contributed by atoms with van der Waals surface area (Å²) in [4.78, 5) is 32.6. The Balaban J connectivity index is 1.46. The van der Waals surface area contributed by atoms with Crippen LogP contribution in [-0.2, 0) is 11.3 Å². The number of para-hydroxylation sites is 1. The second-order valence-electron chi connectivity index (χ2n) is 8.40. The lowest BCUT2D eigenvalue weighted by atomic mass is 10.0. The quantitative estimate of drug-likeness (QED) is 0.414. The number of fused-ring (bicyclic) bond motifs is 1. The molecule has 2 aromatic carbocycles.